The molecule has 0 bridgehead atoms. The summed E-state index contributed by atoms with van der Waals surface area (Å²) in [7, 11) is 0. The Morgan fingerprint density at radius 2 is 0.962 bits per heavy atom. The number of fused-ring (bicyclic) bond motifs is 8. The van der Waals surface area contributed by atoms with E-state index in [-0.39, 0.29) is 5.41 Å². The van der Waals surface area contributed by atoms with Gasteiger partial charge in [-0.3, -0.25) is 0 Å². The van der Waals surface area contributed by atoms with Gasteiger partial charge in [0, 0.05) is 22.4 Å². The van der Waals surface area contributed by atoms with Crippen molar-refractivity contribution in [3.05, 3.63) is 199 Å². The molecule has 0 N–H and O–H groups in total. The molecule has 0 unspecified atom stereocenters. The molecule has 0 fully saturated rings. The van der Waals surface area contributed by atoms with Crippen molar-refractivity contribution >= 4 is 49.4 Å². The molecule has 0 saturated heterocycles. The lowest BCUT2D eigenvalue weighted by Gasteiger charge is -2.30. The monoisotopic (exact) mass is 663 g/mol. The first kappa shape index (κ1) is 30.4. The number of benzene rings is 9. The van der Waals surface area contributed by atoms with E-state index in [9.17, 15) is 0 Å². The van der Waals surface area contributed by atoms with Crippen LogP contribution in [-0.2, 0) is 5.41 Å². The third kappa shape index (κ3) is 4.70. The molecule has 0 atom stereocenters. The maximum Gasteiger partial charge on any atom is 0.0540 e. The van der Waals surface area contributed by atoms with Crippen LogP contribution in [-0.4, -0.2) is 0 Å². The minimum absolute atomic E-state index is 0.0983. The molecule has 1 nitrogen and oxygen atoms in total. The highest BCUT2D eigenvalue weighted by Gasteiger charge is 2.35. The van der Waals surface area contributed by atoms with Gasteiger partial charge in [-0.1, -0.05) is 166 Å². The van der Waals surface area contributed by atoms with E-state index in [2.05, 4.69) is 207 Å². The van der Waals surface area contributed by atoms with Crippen LogP contribution in [0.15, 0.2) is 188 Å². The molecule has 1 aliphatic carbocycles. The summed E-state index contributed by atoms with van der Waals surface area (Å²) in [5.41, 5.74) is 13.6. The summed E-state index contributed by atoms with van der Waals surface area (Å²) in [4.78, 5) is 2.44. The lowest BCUT2D eigenvalue weighted by atomic mass is 9.82. The summed E-state index contributed by atoms with van der Waals surface area (Å²) in [5, 5.41) is 7.70. The Hall–Kier alpha value is -6.44. The second-order valence-corrected chi connectivity index (χ2v) is 14.5. The molecule has 246 valence electrons. The molecule has 0 radical (unpaired) electrons. The normalized spacial score (nSPS) is 13.0. The summed E-state index contributed by atoms with van der Waals surface area (Å²) >= 11 is 0. The average Bonchev–Trinajstić information content (AvgIpc) is 3.43. The molecule has 0 heterocycles. The standard InChI is InChI=1S/C51H37N/c1-51(2)47-22-12-10-20-43(47)44-31-30-39(33-48(44)51)52(49-23-13-11-17-40(49)34-14-4-3-5-15-34)38-28-26-36(27-29-38)46-32-37-25-24-35-16-6-7-18-41(35)50(37)45-21-9-8-19-42(45)46/h3-33H,1-2H3. The summed E-state index contributed by atoms with van der Waals surface area (Å²) in [6.07, 6.45) is 0. The van der Waals surface area contributed by atoms with Crippen LogP contribution in [0.4, 0.5) is 17.1 Å². The van der Waals surface area contributed by atoms with Crippen LogP contribution < -0.4 is 4.90 Å². The minimum atomic E-state index is -0.0983. The van der Waals surface area contributed by atoms with Crippen molar-refractivity contribution in [1.82, 2.24) is 0 Å². The molecule has 0 saturated carbocycles. The predicted octanol–water partition coefficient (Wildman–Crippen LogP) is 14.3. The predicted molar refractivity (Wildman–Crippen MR) is 222 cm³/mol. The Labute approximate surface area is 305 Å². The Morgan fingerprint density at radius 3 is 1.79 bits per heavy atom. The average molecular weight is 664 g/mol. The van der Waals surface area contributed by atoms with Crippen molar-refractivity contribution in [2.24, 2.45) is 0 Å². The lowest BCUT2D eigenvalue weighted by molar-refractivity contribution is 0.660. The maximum absolute atomic E-state index is 2.44. The van der Waals surface area contributed by atoms with Gasteiger partial charge >= 0.3 is 0 Å². The van der Waals surface area contributed by atoms with Gasteiger partial charge in [0.1, 0.15) is 0 Å². The van der Waals surface area contributed by atoms with Gasteiger partial charge in [0.15, 0.2) is 0 Å². The highest BCUT2D eigenvalue weighted by Crippen LogP contribution is 2.51. The second kappa shape index (κ2) is 11.8. The summed E-state index contributed by atoms with van der Waals surface area (Å²) in [5.74, 6) is 0. The van der Waals surface area contributed by atoms with Crippen molar-refractivity contribution in [3.8, 4) is 33.4 Å². The Bertz CT molecular complexity index is 2810. The molecule has 0 aliphatic heterocycles. The molecule has 9 aromatic carbocycles. The number of nitrogens with zero attached hydrogens (tertiary/aromatic N) is 1. The van der Waals surface area contributed by atoms with Gasteiger partial charge in [-0.25, -0.2) is 0 Å². The van der Waals surface area contributed by atoms with Crippen LogP contribution in [0.3, 0.4) is 0 Å². The van der Waals surface area contributed by atoms with Gasteiger partial charge in [0.2, 0.25) is 0 Å². The first-order chi connectivity index (χ1) is 25.6. The molecule has 1 aliphatic rings. The van der Waals surface area contributed by atoms with Gasteiger partial charge in [0.25, 0.3) is 0 Å². The van der Waals surface area contributed by atoms with Gasteiger partial charge in [0.05, 0.1) is 5.69 Å². The van der Waals surface area contributed by atoms with Gasteiger partial charge in [-0.05, 0) is 108 Å². The first-order valence-electron chi connectivity index (χ1n) is 18.2. The van der Waals surface area contributed by atoms with Crippen LogP contribution in [0.5, 0.6) is 0 Å². The Morgan fingerprint density at radius 1 is 0.365 bits per heavy atom. The number of para-hydroxylation sites is 1. The molecular weight excluding hydrogens is 627 g/mol. The van der Waals surface area contributed by atoms with Crippen LogP contribution in [0.2, 0.25) is 0 Å². The molecule has 52 heavy (non-hydrogen) atoms. The SMILES string of the molecule is CC1(C)c2ccccc2-c2ccc(N(c3ccc(-c4cc5ccc6ccccc6c5c5ccccc45)cc3)c3ccccc3-c3ccccc3)cc21. The van der Waals surface area contributed by atoms with Crippen LogP contribution in [0.25, 0.3) is 65.7 Å². The number of hydrogen-bond acceptors (Lipinski definition) is 1. The number of hydrogen-bond donors (Lipinski definition) is 0. The summed E-state index contributed by atoms with van der Waals surface area (Å²) in [6, 6.07) is 69.1. The molecule has 10 rings (SSSR count). The van der Waals surface area contributed by atoms with Crippen molar-refractivity contribution in [1.29, 1.82) is 0 Å². The van der Waals surface area contributed by atoms with Crippen LogP contribution in [0.1, 0.15) is 25.0 Å². The molecule has 0 amide bonds. The maximum atomic E-state index is 2.44. The van der Waals surface area contributed by atoms with Crippen LogP contribution >= 0.6 is 0 Å². The van der Waals surface area contributed by atoms with Crippen molar-refractivity contribution in [2.45, 2.75) is 19.3 Å². The molecular formula is C51H37N. The fourth-order valence-electron chi connectivity index (χ4n) is 8.70. The van der Waals surface area contributed by atoms with E-state index in [4.69, 9.17) is 0 Å². The summed E-state index contributed by atoms with van der Waals surface area (Å²) < 4.78 is 0. The largest absolute Gasteiger partial charge is 0.310 e. The van der Waals surface area contributed by atoms with Crippen molar-refractivity contribution < 1.29 is 0 Å². The zero-order chi connectivity index (χ0) is 34.8. The molecule has 0 aromatic heterocycles. The van der Waals surface area contributed by atoms with E-state index in [1.807, 2.05) is 0 Å². The van der Waals surface area contributed by atoms with Gasteiger partial charge in [-0.2, -0.15) is 0 Å². The highest BCUT2D eigenvalue weighted by atomic mass is 15.1. The van der Waals surface area contributed by atoms with E-state index in [0.29, 0.717) is 0 Å². The fourth-order valence-corrected chi connectivity index (χ4v) is 8.70. The third-order valence-electron chi connectivity index (χ3n) is 11.2. The number of anilines is 3. The first-order valence-corrected chi connectivity index (χ1v) is 18.2. The molecule has 1 heteroatoms. The number of rotatable bonds is 5. The smallest absolute Gasteiger partial charge is 0.0540 e. The quantitative estimate of drug-likeness (QED) is 0.166. The van der Waals surface area contributed by atoms with E-state index < -0.39 is 0 Å². The Kier molecular flexibility index (Phi) is 6.91. The minimum Gasteiger partial charge on any atom is -0.310 e. The summed E-state index contributed by atoms with van der Waals surface area (Å²) in [6.45, 7) is 4.71. The van der Waals surface area contributed by atoms with Crippen molar-refractivity contribution in [3.63, 3.8) is 0 Å². The van der Waals surface area contributed by atoms with Gasteiger partial charge < -0.3 is 4.90 Å². The van der Waals surface area contributed by atoms with Crippen LogP contribution in [0, 0.1) is 0 Å². The van der Waals surface area contributed by atoms with E-state index in [0.717, 1.165) is 17.1 Å². The topological polar surface area (TPSA) is 3.24 Å². The third-order valence-corrected chi connectivity index (χ3v) is 11.2. The van der Waals surface area contributed by atoms with E-state index in [1.165, 1.54) is 76.8 Å². The molecule has 0 spiro atoms. The zero-order valence-corrected chi connectivity index (χ0v) is 29.3. The van der Waals surface area contributed by atoms with E-state index in [1.54, 1.807) is 0 Å². The second-order valence-electron chi connectivity index (χ2n) is 14.5. The lowest BCUT2D eigenvalue weighted by Crippen LogP contribution is -2.16. The van der Waals surface area contributed by atoms with E-state index >= 15 is 0 Å². The highest BCUT2D eigenvalue weighted by molar-refractivity contribution is 6.23. The van der Waals surface area contributed by atoms with Gasteiger partial charge in [-0.15, -0.1) is 0 Å². The fraction of sp³-hybridized carbons (Fsp3) is 0.0588. The zero-order valence-electron chi connectivity index (χ0n) is 29.3. The van der Waals surface area contributed by atoms with Crippen molar-refractivity contribution in [2.75, 3.05) is 4.90 Å². The molecule has 9 aromatic rings. The Balaban J connectivity index is 1.15.